The van der Waals surface area contributed by atoms with Gasteiger partial charge in [-0.2, -0.15) is 0 Å². The maximum Gasteiger partial charge on any atom is 0.245 e. The average molecular weight is 362 g/mol. The number of likely N-dealkylation sites (tertiary alicyclic amines) is 1. The summed E-state index contributed by atoms with van der Waals surface area (Å²) in [6.45, 7) is 6.16. The molecule has 1 atom stereocenters. The molecule has 0 saturated carbocycles. The Kier molecular flexibility index (Phi) is 7.45. The highest BCUT2D eigenvalue weighted by molar-refractivity contribution is 5.94. The minimum Gasteiger partial charge on any atom is -0.494 e. The molecule has 1 aromatic rings. The fourth-order valence-electron chi connectivity index (χ4n) is 3.27. The number of carbonyl (C=O) groups excluding carboxylic acids is 2. The zero-order valence-corrected chi connectivity index (χ0v) is 16.0. The van der Waals surface area contributed by atoms with E-state index in [0.29, 0.717) is 45.6 Å². The second kappa shape index (κ2) is 9.57. The first-order chi connectivity index (χ1) is 12.5. The van der Waals surface area contributed by atoms with Crippen LogP contribution in [0, 0.1) is 0 Å². The predicted octanol–water partition coefficient (Wildman–Crippen LogP) is 2.16. The van der Waals surface area contributed by atoms with Crippen LogP contribution in [0.3, 0.4) is 0 Å². The second-order valence-corrected chi connectivity index (χ2v) is 6.75. The summed E-state index contributed by atoms with van der Waals surface area (Å²) >= 11 is 0. The molecule has 1 N–H and O–H groups in total. The number of ether oxygens (including phenoxy) is 2. The van der Waals surface area contributed by atoms with Crippen LogP contribution < -0.4 is 10.1 Å². The van der Waals surface area contributed by atoms with Crippen molar-refractivity contribution in [3.05, 3.63) is 29.8 Å². The van der Waals surface area contributed by atoms with Gasteiger partial charge in [-0.05, 0) is 50.8 Å². The third-order valence-corrected chi connectivity index (χ3v) is 4.88. The summed E-state index contributed by atoms with van der Waals surface area (Å²) < 4.78 is 10.4. The number of benzene rings is 1. The maximum atomic E-state index is 12.7. The van der Waals surface area contributed by atoms with Crippen LogP contribution in [0.4, 0.5) is 0 Å². The fraction of sp³-hybridized carbons (Fsp3) is 0.600. The first kappa shape index (κ1) is 20.2. The highest BCUT2D eigenvalue weighted by atomic mass is 16.5. The van der Waals surface area contributed by atoms with Gasteiger partial charge in [0.05, 0.1) is 6.61 Å². The van der Waals surface area contributed by atoms with Gasteiger partial charge in [0.25, 0.3) is 0 Å². The lowest BCUT2D eigenvalue weighted by Gasteiger charge is -2.34. The molecule has 2 rings (SSSR count). The Hall–Kier alpha value is -2.08. The number of methoxy groups -OCH3 is 1. The van der Waals surface area contributed by atoms with Crippen molar-refractivity contribution >= 4 is 11.8 Å². The highest BCUT2D eigenvalue weighted by Gasteiger charge is 2.46. The number of amides is 2. The van der Waals surface area contributed by atoms with Crippen molar-refractivity contribution in [2.24, 2.45) is 0 Å². The van der Waals surface area contributed by atoms with Gasteiger partial charge in [-0.15, -0.1) is 0 Å². The van der Waals surface area contributed by atoms with Crippen LogP contribution in [-0.4, -0.2) is 55.7 Å². The molecule has 0 radical (unpaired) electrons. The topological polar surface area (TPSA) is 67.9 Å². The SMILES string of the molecule is CCOc1ccc(CCN2C(=O)CCC2(C)C(=O)NCCCOC)cc1. The molecule has 26 heavy (non-hydrogen) atoms. The summed E-state index contributed by atoms with van der Waals surface area (Å²) in [6.07, 6.45) is 2.46. The maximum absolute atomic E-state index is 12.7. The van der Waals surface area contributed by atoms with Gasteiger partial charge in [-0.1, -0.05) is 12.1 Å². The zero-order chi connectivity index (χ0) is 19.0. The molecule has 1 fully saturated rings. The van der Waals surface area contributed by atoms with Gasteiger partial charge >= 0.3 is 0 Å². The van der Waals surface area contributed by atoms with Crippen molar-refractivity contribution in [1.29, 1.82) is 0 Å². The smallest absolute Gasteiger partial charge is 0.245 e. The van der Waals surface area contributed by atoms with E-state index in [1.54, 1.807) is 12.0 Å². The Morgan fingerprint density at radius 3 is 2.69 bits per heavy atom. The Bertz CT molecular complexity index is 602. The molecule has 1 aliphatic rings. The van der Waals surface area contributed by atoms with Crippen molar-refractivity contribution in [2.75, 3.05) is 33.4 Å². The number of nitrogens with one attached hydrogen (secondary N) is 1. The van der Waals surface area contributed by atoms with Gasteiger partial charge in [0.2, 0.25) is 11.8 Å². The van der Waals surface area contributed by atoms with E-state index in [2.05, 4.69) is 5.32 Å². The Morgan fingerprint density at radius 2 is 2.04 bits per heavy atom. The van der Waals surface area contributed by atoms with E-state index in [4.69, 9.17) is 9.47 Å². The third kappa shape index (κ3) is 4.97. The van der Waals surface area contributed by atoms with Crippen LogP contribution in [0.25, 0.3) is 0 Å². The Balaban J connectivity index is 1.94. The first-order valence-electron chi connectivity index (χ1n) is 9.30. The number of hydrogen-bond donors (Lipinski definition) is 1. The van der Waals surface area contributed by atoms with Crippen LogP contribution in [0.15, 0.2) is 24.3 Å². The minimum atomic E-state index is -0.768. The molecule has 6 heteroatoms. The van der Waals surface area contributed by atoms with Crippen LogP contribution in [-0.2, 0) is 20.7 Å². The highest BCUT2D eigenvalue weighted by Crippen LogP contribution is 2.30. The van der Waals surface area contributed by atoms with Crippen molar-refractivity contribution < 1.29 is 19.1 Å². The zero-order valence-electron chi connectivity index (χ0n) is 16.0. The summed E-state index contributed by atoms with van der Waals surface area (Å²) in [7, 11) is 1.64. The van der Waals surface area contributed by atoms with Crippen molar-refractivity contribution in [1.82, 2.24) is 10.2 Å². The van der Waals surface area contributed by atoms with E-state index in [1.165, 1.54) is 0 Å². The van der Waals surface area contributed by atoms with Crippen LogP contribution in [0.1, 0.15) is 38.7 Å². The van der Waals surface area contributed by atoms with Gasteiger partial charge < -0.3 is 19.7 Å². The van der Waals surface area contributed by atoms with Gasteiger partial charge in [0.1, 0.15) is 11.3 Å². The standard InChI is InChI=1S/C20H30N2O4/c1-4-26-17-8-6-16(7-9-17)11-14-22-18(23)10-12-20(22,2)19(24)21-13-5-15-25-3/h6-9H,4-5,10-15H2,1-3H3,(H,21,24). The normalized spacial score (nSPS) is 19.7. The monoisotopic (exact) mass is 362 g/mol. The molecule has 2 amide bonds. The number of rotatable bonds is 10. The van der Waals surface area contributed by atoms with E-state index in [-0.39, 0.29) is 11.8 Å². The van der Waals surface area contributed by atoms with Crippen LogP contribution in [0.2, 0.25) is 0 Å². The van der Waals surface area contributed by atoms with Crippen molar-refractivity contribution in [2.45, 2.75) is 45.1 Å². The second-order valence-electron chi connectivity index (χ2n) is 6.75. The molecule has 0 spiro atoms. The lowest BCUT2D eigenvalue weighted by molar-refractivity contribution is -0.140. The quantitative estimate of drug-likeness (QED) is 0.648. The first-order valence-corrected chi connectivity index (χ1v) is 9.30. The third-order valence-electron chi connectivity index (χ3n) is 4.88. The van der Waals surface area contributed by atoms with Gasteiger partial charge in [0, 0.05) is 33.2 Å². The summed E-state index contributed by atoms with van der Waals surface area (Å²) in [5.74, 6) is 0.811. The molecular weight excluding hydrogens is 332 g/mol. The van der Waals surface area contributed by atoms with Gasteiger partial charge in [-0.25, -0.2) is 0 Å². The molecular formula is C20H30N2O4. The van der Waals surface area contributed by atoms with E-state index in [9.17, 15) is 9.59 Å². The van der Waals surface area contributed by atoms with Crippen molar-refractivity contribution in [3.8, 4) is 5.75 Å². The predicted molar refractivity (Wildman–Crippen MR) is 100 cm³/mol. The lowest BCUT2D eigenvalue weighted by Crippen LogP contribution is -2.55. The number of hydrogen-bond acceptors (Lipinski definition) is 4. The summed E-state index contributed by atoms with van der Waals surface area (Å²) in [4.78, 5) is 26.7. The molecule has 1 saturated heterocycles. The lowest BCUT2D eigenvalue weighted by atomic mass is 9.97. The fourth-order valence-corrected chi connectivity index (χ4v) is 3.27. The summed E-state index contributed by atoms with van der Waals surface area (Å²) in [5.41, 5.74) is 0.353. The largest absolute Gasteiger partial charge is 0.494 e. The van der Waals surface area contributed by atoms with E-state index < -0.39 is 5.54 Å². The molecule has 1 heterocycles. The molecule has 0 aromatic heterocycles. The minimum absolute atomic E-state index is 0.0467. The molecule has 1 aromatic carbocycles. The molecule has 0 aliphatic carbocycles. The van der Waals surface area contributed by atoms with Crippen LogP contribution >= 0.6 is 0 Å². The molecule has 144 valence electrons. The summed E-state index contributed by atoms with van der Waals surface area (Å²) in [6, 6.07) is 7.89. The Labute approximate surface area is 155 Å². The van der Waals surface area contributed by atoms with Gasteiger partial charge in [-0.3, -0.25) is 9.59 Å². The van der Waals surface area contributed by atoms with E-state index >= 15 is 0 Å². The molecule has 6 nitrogen and oxygen atoms in total. The number of nitrogens with zero attached hydrogens (tertiary/aromatic N) is 1. The molecule has 0 bridgehead atoms. The van der Waals surface area contributed by atoms with Crippen LogP contribution in [0.5, 0.6) is 5.75 Å². The van der Waals surface area contributed by atoms with Crippen molar-refractivity contribution in [3.63, 3.8) is 0 Å². The van der Waals surface area contributed by atoms with Gasteiger partial charge in [0.15, 0.2) is 0 Å². The number of carbonyl (C=O) groups is 2. The Morgan fingerprint density at radius 1 is 1.31 bits per heavy atom. The molecule has 1 unspecified atom stereocenters. The summed E-state index contributed by atoms with van der Waals surface area (Å²) in [5, 5.41) is 2.94. The average Bonchev–Trinajstić information content (AvgIpc) is 2.94. The van der Waals surface area contributed by atoms with E-state index in [1.807, 2.05) is 38.1 Å². The molecule has 1 aliphatic heterocycles. The van der Waals surface area contributed by atoms with E-state index in [0.717, 1.165) is 17.7 Å².